The average Bonchev–Trinajstić information content (AvgIpc) is 2.17. The van der Waals surface area contributed by atoms with Crippen LogP contribution in [0.15, 0.2) is 23.1 Å². The highest BCUT2D eigenvalue weighted by atomic mass is 32.2. The summed E-state index contributed by atoms with van der Waals surface area (Å²) in [5.41, 5.74) is 2.16. The lowest BCUT2D eigenvalue weighted by molar-refractivity contribution is -0.136. The Kier molecular flexibility index (Phi) is 4.01. The van der Waals surface area contributed by atoms with Gasteiger partial charge < -0.3 is 5.11 Å². The number of carbonyl (C=O) groups is 1. The summed E-state index contributed by atoms with van der Waals surface area (Å²) in [6, 6.07) is 5.99. The maximum Gasteiger partial charge on any atom is 0.307 e. The standard InChI is InChI=1S/C11H14O2S/c1-3-8-4-5-9(7-11(12)13)10(6-8)14-2/h4-6H,3,7H2,1-2H3,(H,12,13). The van der Waals surface area contributed by atoms with Gasteiger partial charge in [0.15, 0.2) is 0 Å². The molecule has 0 aliphatic carbocycles. The zero-order valence-corrected chi connectivity index (χ0v) is 9.23. The number of hydrogen-bond donors (Lipinski definition) is 1. The number of carboxylic acid groups (broad SMARTS) is 1. The first-order valence-electron chi connectivity index (χ1n) is 4.55. The van der Waals surface area contributed by atoms with E-state index in [1.807, 2.05) is 18.4 Å². The largest absolute Gasteiger partial charge is 0.481 e. The molecule has 0 heterocycles. The van der Waals surface area contributed by atoms with Crippen molar-refractivity contribution >= 4 is 17.7 Å². The van der Waals surface area contributed by atoms with Gasteiger partial charge in [0.25, 0.3) is 0 Å². The fourth-order valence-electron chi connectivity index (χ4n) is 1.32. The minimum absolute atomic E-state index is 0.111. The number of aliphatic carboxylic acids is 1. The molecule has 0 saturated heterocycles. The number of carboxylic acids is 1. The quantitative estimate of drug-likeness (QED) is 0.776. The van der Waals surface area contributed by atoms with E-state index in [0.29, 0.717) is 0 Å². The zero-order valence-electron chi connectivity index (χ0n) is 8.41. The molecule has 3 heteroatoms. The molecule has 14 heavy (non-hydrogen) atoms. The highest BCUT2D eigenvalue weighted by Gasteiger charge is 2.06. The predicted octanol–water partition coefficient (Wildman–Crippen LogP) is 2.60. The molecular weight excluding hydrogens is 196 g/mol. The summed E-state index contributed by atoms with van der Waals surface area (Å²) in [5, 5.41) is 8.70. The summed E-state index contributed by atoms with van der Waals surface area (Å²) in [6.07, 6.45) is 3.07. The van der Waals surface area contributed by atoms with Crippen LogP contribution in [0.1, 0.15) is 18.1 Å². The fourth-order valence-corrected chi connectivity index (χ4v) is 1.99. The van der Waals surface area contributed by atoms with Gasteiger partial charge in [-0.05, 0) is 29.9 Å². The van der Waals surface area contributed by atoms with Gasteiger partial charge in [0.1, 0.15) is 0 Å². The second kappa shape index (κ2) is 5.05. The molecule has 0 atom stereocenters. The van der Waals surface area contributed by atoms with Crippen molar-refractivity contribution in [2.24, 2.45) is 0 Å². The molecule has 0 radical (unpaired) electrons. The molecule has 2 nitrogen and oxygen atoms in total. The van der Waals surface area contributed by atoms with Gasteiger partial charge >= 0.3 is 5.97 Å². The third kappa shape index (κ3) is 2.77. The van der Waals surface area contributed by atoms with Crippen LogP contribution >= 0.6 is 11.8 Å². The van der Waals surface area contributed by atoms with E-state index < -0.39 is 5.97 Å². The van der Waals surface area contributed by atoms with Crippen LogP contribution in [0.25, 0.3) is 0 Å². The maximum absolute atomic E-state index is 10.6. The summed E-state index contributed by atoms with van der Waals surface area (Å²) < 4.78 is 0. The van der Waals surface area contributed by atoms with Gasteiger partial charge in [-0.2, -0.15) is 0 Å². The van der Waals surface area contributed by atoms with Crippen LogP contribution in [0.4, 0.5) is 0 Å². The SMILES string of the molecule is CCc1ccc(CC(=O)O)c(SC)c1. The lowest BCUT2D eigenvalue weighted by Crippen LogP contribution is -2.01. The molecule has 0 amide bonds. The van der Waals surface area contributed by atoms with Crippen LogP contribution in [0.5, 0.6) is 0 Å². The Morgan fingerprint density at radius 3 is 2.71 bits per heavy atom. The van der Waals surface area contributed by atoms with E-state index in [9.17, 15) is 4.79 Å². The van der Waals surface area contributed by atoms with Crippen molar-refractivity contribution in [2.75, 3.05) is 6.26 Å². The van der Waals surface area contributed by atoms with Crippen LogP contribution in [-0.2, 0) is 17.6 Å². The van der Waals surface area contributed by atoms with Crippen molar-refractivity contribution in [1.29, 1.82) is 0 Å². The van der Waals surface area contributed by atoms with Crippen LogP contribution in [0.3, 0.4) is 0 Å². The monoisotopic (exact) mass is 210 g/mol. The number of aryl methyl sites for hydroxylation is 1. The number of rotatable bonds is 4. The summed E-state index contributed by atoms with van der Waals surface area (Å²) in [4.78, 5) is 11.7. The van der Waals surface area contributed by atoms with E-state index >= 15 is 0 Å². The Hall–Kier alpha value is -0.960. The Morgan fingerprint density at radius 2 is 2.21 bits per heavy atom. The molecular formula is C11H14O2S. The Labute approximate surface area is 88.3 Å². The predicted molar refractivity (Wildman–Crippen MR) is 58.9 cm³/mol. The summed E-state index contributed by atoms with van der Waals surface area (Å²) in [5.74, 6) is -0.774. The molecule has 0 aliphatic heterocycles. The molecule has 0 bridgehead atoms. The zero-order chi connectivity index (χ0) is 10.6. The molecule has 0 spiro atoms. The Balaban J connectivity index is 2.98. The van der Waals surface area contributed by atoms with Crippen molar-refractivity contribution in [3.63, 3.8) is 0 Å². The van der Waals surface area contributed by atoms with Crippen molar-refractivity contribution in [2.45, 2.75) is 24.7 Å². The molecule has 76 valence electrons. The molecule has 0 aliphatic rings. The van der Waals surface area contributed by atoms with E-state index in [2.05, 4.69) is 13.0 Å². The minimum Gasteiger partial charge on any atom is -0.481 e. The second-order valence-electron chi connectivity index (χ2n) is 3.07. The van der Waals surface area contributed by atoms with E-state index in [1.165, 1.54) is 5.56 Å². The van der Waals surface area contributed by atoms with Gasteiger partial charge in [-0.3, -0.25) is 4.79 Å². The van der Waals surface area contributed by atoms with E-state index in [4.69, 9.17) is 5.11 Å². The summed E-state index contributed by atoms with van der Waals surface area (Å²) >= 11 is 1.60. The van der Waals surface area contributed by atoms with Crippen LogP contribution in [0, 0.1) is 0 Å². The van der Waals surface area contributed by atoms with Crippen LogP contribution < -0.4 is 0 Å². The van der Waals surface area contributed by atoms with Gasteiger partial charge in [0.05, 0.1) is 6.42 Å². The molecule has 0 fully saturated rings. The van der Waals surface area contributed by atoms with Crippen molar-refractivity contribution in [1.82, 2.24) is 0 Å². The molecule has 1 aromatic rings. The highest BCUT2D eigenvalue weighted by Crippen LogP contribution is 2.22. The van der Waals surface area contributed by atoms with E-state index in [-0.39, 0.29) is 6.42 Å². The fraction of sp³-hybridized carbons (Fsp3) is 0.364. The smallest absolute Gasteiger partial charge is 0.307 e. The first-order valence-corrected chi connectivity index (χ1v) is 5.77. The average molecular weight is 210 g/mol. The maximum atomic E-state index is 10.6. The van der Waals surface area contributed by atoms with E-state index in [0.717, 1.165) is 16.9 Å². The normalized spacial score (nSPS) is 10.1. The second-order valence-corrected chi connectivity index (χ2v) is 3.92. The number of thioether (sulfide) groups is 1. The van der Waals surface area contributed by atoms with E-state index in [1.54, 1.807) is 11.8 Å². The lowest BCUT2D eigenvalue weighted by Gasteiger charge is -2.06. The number of hydrogen-bond acceptors (Lipinski definition) is 2. The molecule has 1 aromatic carbocycles. The van der Waals surface area contributed by atoms with Gasteiger partial charge in [-0.15, -0.1) is 11.8 Å². The van der Waals surface area contributed by atoms with Crippen molar-refractivity contribution in [3.05, 3.63) is 29.3 Å². The van der Waals surface area contributed by atoms with Crippen molar-refractivity contribution < 1.29 is 9.90 Å². The van der Waals surface area contributed by atoms with Gasteiger partial charge in [-0.25, -0.2) is 0 Å². The van der Waals surface area contributed by atoms with Crippen LogP contribution in [0.2, 0.25) is 0 Å². The highest BCUT2D eigenvalue weighted by molar-refractivity contribution is 7.98. The first kappa shape index (κ1) is 11.1. The molecule has 0 saturated carbocycles. The Morgan fingerprint density at radius 1 is 1.50 bits per heavy atom. The third-order valence-electron chi connectivity index (χ3n) is 2.10. The summed E-state index contributed by atoms with van der Waals surface area (Å²) in [6.45, 7) is 2.09. The van der Waals surface area contributed by atoms with Crippen molar-refractivity contribution in [3.8, 4) is 0 Å². The summed E-state index contributed by atoms with van der Waals surface area (Å²) in [7, 11) is 0. The molecule has 0 aromatic heterocycles. The van der Waals surface area contributed by atoms with Gasteiger partial charge in [0.2, 0.25) is 0 Å². The van der Waals surface area contributed by atoms with Gasteiger partial charge in [-0.1, -0.05) is 19.1 Å². The molecule has 1 N–H and O–H groups in total. The van der Waals surface area contributed by atoms with Gasteiger partial charge in [0, 0.05) is 4.90 Å². The minimum atomic E-state index is -0.774. The van der Waals surface area contributed by atoms with Crippen LogP contribution in [-0.4, -0.2) is 17.3 Å². The number of benzene rings is 1. The third-order valence-corrected chi connectivity index (χ3v) is 2.92. The Bertz CT molecular complexity index is 334. The molecule has 1 rings (SSSR count). The molecule has 0 unspecified atom stereocenters. The topological polar surface area (TPSA) is 37.3 Å². The lowest BCUT2D eigenvalue weighted by atomic mass is 10.1. The first-order chi connectivity index (χ1) is 6.67.